The van der Waals surface area contributed by atoms with Gasteiger partial charge in [0.1, 0.15) is 5.75 Å². The van der Waals surface area contributed by atoms with Crippen molar-refractivity contribution in [3.63, 3.8) is 0 Å². The lowest BCUT2D eigenvalue weighted by molar-refractivity contribution is -0.384. The predicted molar refractivity (Wildman–Crippen MR) is 92.5 cm³/mol. The summed E-state index contributed by atoms with van der Waals surface area (Å²) < 4.78 is 0. The first-order chi connectivity index (χ1) is 10.4. The summed E-state index contributed by atoms with van der Waals surface area (Å²) >= 11 is 0. The zero-order valence-electron chi connectivity index (χ0n) is 12.5. The van der Waals surface area contributed by atoms with E-state index in [4.69, 9.17) is 11.5 Å². The van der Waals surface area contributed by atoms with Gasteiger partial charge in [0.2, 0.25) is 0 Å². The van der Waals surface area contributed by atoms with Crippen LogP contribution in [0, 0.1) is 10.1 Å². The Bertz CT molecular complexity index is 709. The number of nitrogens with one attached hydrogen (secondary N) is 1. The summed E-state index contributed by atoms with van der Waals surface area (Å²) in [5.41, 5.74) is 14.1. The molecule has 0 aliphatic heterocycles. The Morgan fingerprint density at radius 1 is 1.26 bits per heavy atom. The Hall–Kier alpha value is -2.51. The van der Waals surface area contributed by atoms with E-state index in [0.29, 0.717) is 16.9 Å². The zero-order valence-corrected chi connectivity index (χ0v) is 13.3. The number of hydrogen-bond donors (Lipinski definition) is 4. The van der Waals surface area contributed by atoms with E-state index in [9.17, 15) is 15.2 Å². The van der Waals surface area contributed by atoms with E-state index in [1.54, 1.807) is 18.2 Å². The first kappa shape index (κ1) is 18.5. The third-order valence-corrected chi connectivity index (χ3v) is 3.45. The van der Waals surface area contributed by atoms with Gasteiger partial charge in [-0.1, -0.05) is 0 Å². The first-order valence-corrected chi connectivity index (χ1v) is 6.73. The van der Waals surface area contributed by atoms with E-state index in [1.807, 2.05) is 6.92 Å². The third-order valence-electron chi connectivity index (χ3n) is 3.45. The molecule has 2 aromatic carbocycles. The van der Waals surface area contributed by atoms with Gasteiger partial charge < -0.3 is 21.9 Å². The number of phenols is 1. The van der Waals surface area contributed by atoms with E-state index >= 15 is 0 Å². The lowest BCUT2D eigenvalue weighted by atomic mass is 10.0. The largest absolute Gasteiger partial charge is 0.508 e. The summed E-state index contributed by atoms with van der Waals surface area (Å²) in [7, 11) is 0. The lowest BCUT2D eigenvalue weighted by Gasteiger charge is -2.17. The van der Waals surface area contributed by atoms with E-state index in [1.165, 1.54) is 18.2 Å². The van der Waals surface area contributed by atoms with Gasteiger partial charge in [-0.25, -0.2) is 0 Å². The molecule has 2 rings (SSSR count). The molecule has 0 saturated heterocycles. The van der Waals surface area contributed by atoms with Gasteiger partial charge in [0.05, 0.1) is 4.92 Å². The smallest absolute Gasteiger partial charge is 0.270 e. The number of phenolic OH excluding ortho intramolecular Hbond substituents is 1. The molecule has 0 bridgehead atoms. The average molecular weight is 339 g/mol. The van der Waals surface area contributed by atoms with Gasteiger partial charge in [0.25, 0.3) is 5.69 Å². The number of benzene rings is 2. The Morgan fingerprint density at radius 3 is 2.61 bits per heavy atom. The number of halogens is 1. The highest BCUT2D eigenvalue weighted by atomic mass is 35.5. The van der Waals surface area contributed by atoms with Crippen LogP contribution in [0.25, 0.3) is 0 Å². The molecule has 0 aliphatic rings. The van der Waals surface area contributed by atoms with Crippen LogP contribution < -0.4 is 16.8 Å². The molecule has 0 aliphatic carbocycles. The highest BCUT2D eigenvalue weighted by Crippen LogP contribution is 2.26. The molecule has 8 heteroatoms. The number of nitro groups is 1. The first-order valence-electron chi connectivity index (χ1n) is 6.73. The van der Waals surface area contributed by atoms with Crippen LogP contribution in [0.2, 0.25) is 0 Å². The molecule has 1 unspecified atom stereocenters. The maximum Gasteiger partial charge on any atom is 0.270 e. The average Bonchev–Trinajstić information content (AvgIpc) is 2.48. The van der Waals surface area contributed by atoms with Crippen LogP contribution in [-0.2, 0) is 6.54 Å². The number of nitrogens with zero attached hydrogens (tertiary/aromatic N) is 1. The molecule has 0 fully saturated rings. The summed E-state index contributed by atoms with van der Waals surface area (Å²) in [6.07, 6.45) is 0. The van der Waals surface area contributed by atoms with Crippen LogP contribution in [-0.4, -0.2) is 10.0 Å². The number of non-ortho nitro benzene ring substituents is 1. The monoisotopic (exact) mass is 338 g/mol. The molecule has 0 spiro atoms. The minimum Gasteiger partial charge on any atom is -0.508 e. The fraction of sp³-hybridized carbons (Fsp3) is 0.200. The van der Waals surface area contributed by atoms with E-state index in [2.05, 4.69) is 5.32 Å². The molecule has 2 aromatic rings. The van der Waals surface area contributed by atoms with Crippen molar-refractivity contribution in [2.24, 2.45) is 0 Å². The van der Waals surface area contributed by atoms with Crippen molar-refractivity contribution in [2.75, 3.05) is 11.5 Å². The van der Waals surface area contributed by atoms with Crippen LogP contribution >= 0.6 is 12.4 Å². The zero-order chi connectivity index (χ0) is 16.3. The predicted octanol–water partition coefficient (Wildman–Crippen LogP) is 2.74. The molecule has 23 heavy (non-hydrogen) atoms. The molecule has 0 aromatic heterocycles. The molecule has 0 heterocycles. The Balaban J connectivity index is 0.00000264. The van der Waals surface area contributed by atoms with Gasteiger partial charge in [0, 0.05) is 41.7 Å². The maximum atomic E-state index is 10.8. The minimum absolute atomic E-state index is 0. The second-order valence-electron chi connectivity index (χ2n) is 5.06. The summed E-state index contributed by atoms with van der Waals surface area (Å²) in [4.78, 5) is 10.3. The molecule has 0 saturated carbocycles. The highest BCUT2D eigenvalue weighted by molar-refractivity contribution is 5.85. The van der Waals surface area contributed by atoms with E-state index in [-0.39, 0.29) is 36.4 Å². The van der Waals surface area contributed by atoms with Crippen LogP contribution in [0.3, 0.4) is 0 Å². The van der Waals surface area contributed by atoms with Crippen molar-refractivity contribution in [3.8, 4) is 5.75 Å². The number of nitro benzene ring substituents is 1. The Labute approximate surface area is 139 Å². The molecular formula is C15H19ClN4O3. The fourth-order valence-electron chi connectivity index (χ4n) is 2.17. The van der Waals surface area contributed by atoms with Crippen molar-refractivity contribution in [1.82, 2.24) is 5.32 Å². The second-order valence-corrected chi connectivity index (χ2v) is 5.06. The molecule has 0 radical (unpaired) electrons. The van der Waals surface area contributed by atoms with Gasteiger partial charge >= 0.3 is 0 Å². The van der Waals surface area contributed by atoms with Crippen LogP contribution in [0.4, 0.5) is 17.1 Å². The maximum absolute atomic E-state index is 10.8. The normalized spacial score (nSPS) is 11.5. The molecule has 1 atom stereocenters. The standard InChI is InChI=1S/C15H18N4O3.ClH/c1-9(13-7-11(16)2-4-14(13)17)18-8-10-6-12(19(21)22)3-5-15(10)20;/h2-7,9,18,20H,8,16-17H2,1H3;1H. The van der Waals surface area contributed by atoms with Crippen molar-refractivity contribution in [1.29, 1.82) is 0 Å². The fourth-order valence-corrected chi connectivity index (χ4v) is 2.17. The number of hydrogen-bond acceptors (Lipinski definition) is 6. The van der Waals surface area contributed by atoms with Crippen LogP contribution in [0.1, 0.15) is 24.1 Å². The Kier molecular flexibility index (Phi) is 6.18. The van der Waals surface area contributed by atoms with Gasteiger partial charge in [-0.05, 0) is 36.8 Å². The summed E-state index contributed by atoms with van der Waals surface area (Å²) in [5.74, 6) is 0.00541. The highest BCUT2D eigenvalue weighted by Gasteiger charge is 2.13. The summed E-state index contributed by atoms with van der Waals surface area (Å²) in [6, 6.07) is 9.03. The van der Waals surface area contributed by atoms with Gasteiger partial charge in [-0.3, -0.25) is 10.1 Å². The topological polar surface area (TPSA) is 127 Å². The van der Waals surface area contributed by atoms with Crippen LogP contribution in [0.15, 0.2) is 36.4 Å². The molecule has 124 valence electrons. The van der Waals surface area contributed by atoms with Crippen molar-refractivity contribution < 1.29 is 10.0 Å². The van der Waals surface area contributed by atoms with E-state index in [0.717, 1.165) is 5.56 Å². The molecule has 7 nitrogen and oxygen atoms in total. The summed E-state index contributed by atoms with van der Waals surface area (Å²) in [6.45, 7) is 2.17. The van der Waals surface area contributed by atoms with Crippen molar-refractivity contribution >= 4 is 29.5 Å². The minimum atomic E-state index is -0.498. The van der Waals surface area contributed by atoms with Gasteiger partial charge in [0.15, 0.2) is 0 Å². The number of rotatable bonds is 5. The molecular weight excluding hydrogens is 320 g/mol. The van der Waals surface area contributed by atoms with Crippen LogP contribution in [0.5, 0.6) is 5.75 Å². The second kappa shape index (κ2) is 7.66. The van der Waals surface area contributed by atoms with Gasteiger partial charge in [-0.2, -0.15) is 0 Å². The Morgan fingerprint density at radius 2 is 1.96 bits per heavy atom. The molecule has 0 amide bonds. The van der Waals surface area contributed by atoms with E-state index < -0.39 is 4.92 Å². The third kappa shape index (κ3) is 4.48. The van der Waals surface area contributed by atoms with Gasteiger partial charge in [-0.15, -0.1) is 12.4 Å². The van der Waals surface area contributed by atoms with Crippen molar-refractivity contribution in [2.45, 2.75) is 19.5 Å². The number of nitrogen functional groups attached to an aromatic ring is 2. The van der Waals surface area contributed by atoms with Crippen molar-refractivity contribution in [3.05, 3.63) is 57.6 Å². The quantitative estimate of drug-likeness (QED) is 0.377. The SMILES string of the molecule is CC(NCc1cc([N+](=O)[O-])ccc1O)c1cc(N)ccc1N.Cl. The lowest BCUT2D eigenvalue weighted by Crippen LogP contribution is -2.19. The summed E-state index contributed by atoms with van der Waals surface area (Å²) in [5, 5.41) is 23.7. The number of nitrogens with two attached hydrogens (primary N) is 2. The number of aromatic hydroxyl groups is 1. The molecule has 6 N–H and O–H groups in total. The number of anilines is 2.